The van der Waals surface area contributed by atoms with Crippen LogP contribution in [0.3, 0.4) is 0 Å². The summed E-state index contributed by atoms with van der Waals surface area (Å²) >= 11 is 0. The van der Waals surface area contributed by atoms with Crippen molar-refractivity contribution in [1.82, 2.24) is 5.32 Å². The van der Waals surface area contributed by atoms with Crippen LogP contribution in [0.2, 0.25) is 0 Å². The molecule has 0 saturated carbocycles. The molecular formula is C17H27N. The van der Waals surface area contributed by atoms with Gasteiger partial charge in [0.1, 0.15) is 0 Å². The van der Waals surface area contributed by atoms with Gasteiger partial charge >= 0.3 is 0 Å². The molecule has 1 aromatic carbocycles. The summed E-state index contributed by atoms with van der Waals surface area (Å²) in [6.07, 6.45) is 6.51. The van der Waals surface area contributed by atoms with Gasteiger partial charge in [0.15, 0.2) is 0 Å². The Kier molecular flexibility index (Phi) is 4.82. The lowest BCUT2D eigenvalue weighted by atomic mass is 10.0. The number of rotatable bonds is 6. The highest BCUT2D eigenvalue weighted by molar-refractivity contribution is 5.36. The second-order valence-electron chi connectivity index (χ2n) is 6.09. The topological polar surface area (TPSA) is 12.0 Å². The second kappa shape index (κ2) is 6.38. The first-order valence-electron chi connectivity index (χ1n) is 7.52. The van der Waals surface area contributed by atoms with Crippen LogP contribution in [0.5, 0.6) is 0 Å². The molecule has 0 spiro atoms. The van der Waals surface area contributed by atoms with E-state index in [2.05, 4.69) is 44.3 Å². The lowest BCUT2D eigenvalue weighted by Crippen LogP contribution is -2.20. The minimum atomic E-state index is 0.489. The molecule has 0 aromatic heterocycles. The lowest BCUT2D eigenvalue weighted by molar-refractivity contribution is 0.497. The maximum absolute atomic E-state index is 3.65. The van der Waals surface area contributed by atoms with Crippen LogP contribution >= 0.6 is 0 Å². The molecule has 1 atom stereocenters. The average molecular weight is 245 g/mol. The van der Waals surface area contributed by atoms with Gasteiger partial charge in [0, 0.05) is 6.04 Å². The van der Waals surface area contributed by atoms with E-state index in [-0.39, 0.29) is 0 Å². The summed E-state index contributed by atoms with van der Waals surface area (Å²) in [7, 11) is 0. The Balaban J connectivity index is 1.83. The van der Waals surface area contributed by atoms with Crippen molar-refractivity contribution in [1.29, 1.82) is 0 Å². The fraction of sp³-hybridized carbons (Fsp3) is 0.647. The van der Waals surface area contributed by atoms with Gasteiger partial charge in [0.2, 0.25) is 0 Å². The number of nitrogens with one attached hydrogen (secondary N) is 1. The summed E-state index contributed by atoms with van der Waals surface area (Å²) in [5.41, 5.74) is 4.62. The first-order chi connectivity index (χ1) is 8.66. The fourth-order valence-electron chi connectivity index (χ4n) is 2.81. The van der Waals surface area contributed by atoms with Crippen molar-refractivity contribution < 1.29 is 0 Å². The largest absolute Gasteiger partial charge is 0.310 e. The average Bonchev–Trinajstić information content (AvgIpc) is 2.81. The maximum Gasteiger partial charge on any atom is 0.0291 e. The number of benzene rings is 1. The molecular weight excluding hydrogens is 218 g/mol. The number of hydrogen-bond donors (Lipinski definition) is 1. The molecule has 0 saturated heterocycles. The maximum atomic E-state index is 3.65. The van der Waals surface area contributed by atoms with Gasteiger partial charge in [-0.3, -0.25) is 0 Å². The quantitative estimate of drug-likeness (QED) is 0.738. The Labute approximate surface area is 112 Å². The summed E-state index contributed by atoms with van der Waals surface area (Å²) in [6.45, 7) is 8.01. The number of hydrogen-bond acceptors (Lipinski definition) is 1. The van der Waals surface area contributed by atoms with Gasteiger partial charge in [-0.05, 0) is 68.2 Å². The molecule has 1 aromatic rings. The van der Waals surface area contributed by atoms with Gasteiger partial charge < -0.3 is 5.32 Å². The minimum absolute atomic E-state index is 0.489. The molecule has 1 unspecified atom stereocenters. The van der Waals surface area contributed by atoms with Crippen molar-refractivity contribution in [3.63, 3.8) is 0 Å². The van der Waals surface area contributed by atoms with Gasteiger partial charge in [-0.25, -0.2) is 0 Å². The smallest absolute Gasteiger partial charge is 0.0291 e. The third-order valence-electron chi connectivity index (χ3n) is 4.03. The van der Waals surface area contributed by atoms with Crippen molar-refractivity contribution in [2.75, 3.05) is 6.54 Å². The van der Waals surface area contributed by atoms with E-state index in [4.69, 9.17) is 0 Å². The van der Waals surface area contributed by atoms with E-state index in [0.29, 0.717) is 6.04 Å². The van der Waals surface area contributed by atoms with Crippen LogP contribution in [-0.2, 0) is 12.8 Å². The van der Waals surface area contributed by atoms with Crippen LogP contribution in [-0.4, -0.2) is 6.54 Å². The predicted molar refractivity (Wildman–Crippen MR) is 79.0 cm³/mol. The highest BCUT2D eigenvalue weighted by atomic mass is 14.9. The molecule has 0 bridgehead atoms. The lowest BCUT2D eigenvalue weighted by Gasteiger charge is -2.16. The monoisotopic (exact) mass is 245 g/mol. The summed E-state index contributed by atoms with van der Waals surface area (Å²) in [6, 6.07) is 7.56. The van der Waals surface area contributed by atoms with E-state index in [9.17, 15) is 0 Å². The van der Waals surface area contributed by atoms with Gasteiger partial charge in [0.05, 0.1) is 0 Å². The number of fused-ring (bicyclic) bond motifs is 1. The third-order valence-corrected chi connectivity index (χ3v) is 4.03. The molecule has 1 N–H and O–H groups in total. The molecule has 2 rings (SSSR count). The van der Waals surface area contributed by atoms with Crippen molar-refractivity contribution in [3.05, 3.63) is 34.9 Å². The molecule has 0 fully saturated rings. The van der Waals surface area contributed by atoms with E-state index >= 15 is 0 Å². The Morgan fingerprint density at radius 2 is 1.89 bits per heavy atom. The van der Waals surface area contributed by atoms with Gasteiger partial charge in [-0.1, -0.05) is 32.0 Å². The van der Waals surface area contributed by atoms with E-state index in [1.165, 1.54) is 37.7 Å². The Morgan fingerprint density at radius 3 is 2.67 bits per heavy atom. The molecule has 1 aliphatic carbocycles. The van der Waals surface area contributed by atoms with Crippen LogP contribution in [0.25, 0.3) is 0 Å². The highest BCUT2D eigenvalue weighted by Crippen LogP contribution is 2.25. The molecule has 0 radical (unpaired) electrons. The van der Waals surface area contributed by atoms with Crippen LogP contribution in [0.4, 0.5) is 0 Å². The summed E-state index contributed by atoms with van der Waals surface area (Å²) in [5, 5.41) is 3.65. The molecule has 100 valence electrons. The molecule has 18 heavy (non-hydrogen) atoms. The van der Waals surface area contributed by atoms with E-state index < -0.39 is 0 Å². The highest BCUT2D eigenvalue weighted by Gasteiger charge is 2.13. The van der Waals surface area contributed by atoms with Gasteiger partial charge in [-0.15, -0.1) is 0 Å². The Bertz CT molecular complexity index is 381. The van der Waals surface area contributed by atoms with E-state index in [1.807, 2.05) is 0 Å². The number of aryl methyl sites for hydroxylation is 2. The minimum Gasteiger partial charge on any atom is -0.310 e. The summed E-state index contributed by atoms with van der Waals surface area (Å²) < 4.78 is 0. The van der Waals surface area contributed by atoms with E-state index in [1.54, 1.807) is 11.1 Å². The van der Waals surface area contributed by atoms with Crippen molar-refractivity contribution in [2.45, 2.75) is 58.9 Å². The summed E-state index contributed by atoms with van der Waals surface area (Å²) in [4.78, 5) is 0. The zero-order valence-electron chi connectivity index (χ0n) is 12.1. The third kappa shape index (κ3) is 3.58. The van der Waals surface area contributed by atoms with Crippen LogP contribution in [0, 0.1) is 5.92 Å². The molecule has 0 amide bonds. The first kappa shape index (κ1) is 13.6. The van der Waals surface area contributed by atoms with Gasteiger partial charge in [0.25, 0.3) is 0 Å². The Morgan fingerprint density at radius 1 is 1.11 bits per heavy atom. The van der Waals surface area contributed by atoms with Crippen molar-refractivity contribution in [3.8, 4) is 0 Å². The molecule has 1 heteroatoms. The standard InChI is InChI=1S/C17H27N/c1-13(2)6-5-11-18-14(3)16-10-9-15-7-4-8-17(15)12-16/h9-10,12-14,18H,4-8,11H2,1-3H3. The van der Waals surface area contributed by atoms with Crippen LogP contribution < -0.4 is 5.32 Å². The molecule has 1 nitrogen and oxygen atoms in total. The zero-order valence-corrected chi connectivity index (χ0v) is 12.1. The Hall–Kier alpha value is -0.820. The fourth-order valence-corrected chi connectivity index (χ4v) is 2.81. The van der Waals surface area contributed by atoms with Crippen molar-refractivity contribution in [2.24, 2.45) is 5.92 Å². The van der Waals surface area contributed by atoms with E-state index in [0.717, 1.165) is 12.5 Å². The zero-order chi connectivity index (χ0) is 13.0. The van der Waals surface area contributed by atoms with Crippen molar-refractivity contribution >= 4 is 0 Å². The van der Waals surface area contributed by atoms with Gasteiger partial charge in [-0.2, -0.15) is 0 Å². The predicted octanol–water partition coefficient (Wildman–Crippen LogP) is 4.26. The SMILES string of the molecule is CC(C)CCCNC(C)c1ccc2c(c1)CCC2. The summed E-state index contributed by atoms with van der Waals surface area (Å²) in [5.74, 6) is 0.821. The molecule has 0 aliphatic heterocycles. The molecule has 0 heterocycles. The first-order valence-corrected chi connectivity index (χ1v) is 7.52. The second-order valence-corrected chi connectivity index (χ2v) is 6.09. The normalized spacial score (nSPS) is 16.0. The molecule has 1 aliphatic rings. The van der Waals surface area contributed by atoms with Crippen LogP contribution in [0.1, 0.15) is 62.8 Å². The van der Waals surface area contributed by atoms with Crippen LogP contribution in [0.15, 0.2) is 18.2 Å².